The van der Waals surface area contributed by atoms with E-state index in [9.17, 15) is 10.2 Å². The molecule has 3 heteroatoms. The minimum Gasteiger partial charge on any atom is -0.393 e. The van der Waals surface area contributed by atoms with E-state index in [1.165, 1.54) is 0 Å². The zero-order valence-electron chi connectivity index (χ0n) is 11.0. The highest BCUT2D eigenvalue weighted by molar-refractivity contribution is 5.27. The van der Waals surface area contributed by atoms with Crippen LogP contribution < -0.4 is 0 Å². The van der Waals surface area contributed by atoms with Gasteiger partial charge in [0.2, 0.25) is 0 Å². The van der Waals surface area contributed by atoms with Gasteiger partial charge in [-0.15, -0.1) is 0 Å². The molecule has 0 bridgehead atoms. The van der Waals surface area contributed by atoms with Gasteiger partial charge in [-0.2, -0.15) is 0 Å². The molecule has 1 aromatic carbocycles. The summed E-state index contributed by atoms with van der Waals surface area (Å²) in [5.74, 6) is 0. The van der Waals surface area contributed by atoms with E-state index in [0.717, 1.165) is 50.0 Å². The van der Waals surface area contributed by atoms with Gasteiger partial charge in [-0.3, -0.25) is 0 Å². The fourth-order valence-electron chi connectivity index (χ4n) is 2.56. The first kappa shape index (κ1) is 13.5. The van der Waals surface area contributed by atoms with E-state index in [1.807, 2.05) is 31.2 Å². The summed E-state index contributed by atoms with van der Waals surface area (Å²) in [4.78, 5) is 2.33. The summed E-state index contributed by atoms with van der Waals surface area (Å²) < 4.78 is 0. The van der Waals surface area contributed by atoms with Crippen molar-refractivity contribution in [3.8, 4) is 0 Å². The number of aryl methyl sites for hydroxylation is 1. The van der Waals surface area contributed by atoms with E-state index in [0.29, 0.717) is 0 Å². The Morgan fingerprint density at radius 2 is 1.94 bits per heavy atom. The number of rotatable bonds is 4. The number of aliphatic hydroxyl groups excluding tert-OH is 2. The van der Waals surface area contributed by atoms with Gasteiger partial charge in [0.1, 0.15) is 0 Å². The number of aliphatic hydroxyl groups is 2. The number of benzene rings is 1. The van der Waals surface area contributed by atoms with Gasteiger partial charge in [0.15, 0.2) is 0 Å². The normalized spacial score (nSPS) is 19.9. The van der Waals surface area contributed by atoms with E-state index in [4.69, 9.17) is 0 Å². The molecule has 18 heavy (non-hydrogen) atoms. The topological polar surface area (TPSA) is 43.7 Å². The van der Waals surface area contributed by atoms with Crippen LogP contribution in [0.2, 0.25) is 0 Å². The first-order chi connectivity index (χ1) is 8.66. The third-order valence-electron chi connectivity index (χ3n) is 3.82. The Kier molecular flexibility index (Phi) is 4.75. The fraction of sp³-hybridized carbons (Fsp3) is 0.600. The average Bonchev–Trinajstić information content (AvgIpc) is 2.38. The predicted molar refractivity (Wildman–Crippen MR) is 72.4 cm³/mol. The summed E-state index contributed by atoms with van der Waals surface area (Å²) in [6.07, 6.45) is 1.99. The second-order valence-electron chi connectivity index (χ2n) is 5.23. The van der Waals surface area contributed by atoms with Crippen molar-refractivity contribution in [3.63, 3.8) is 0 Å². The van der Waals surface area contributed by atoms with Gasteiger partial charge in [0, 0.05) is 19.6 Å². The summed E-state index contributed by atoms with van der Waals surface area (Å²) in [6.45, 7) is 4.83. The highest BCUT2D eigenvalue weighted by Crippen LogP contribution is 2.21. The Morgan fingerprint density at radius 3 is 2.61 bits per heavy atom. The van der Waals surface area contributed by atoms with Crippen molar-refractivity contribution in [3.05, 3.63) is 35.4 Å². The Balaban J connectivity index is 1.81. The molecule has 1 unspecified atom stereocenters. The van der Waals surface area contributed by atoms with Crippen LogP contribution in [0.4, 0.5) is 0 Å². The van der Waals surface area contributed by atoms with Gasteiger partial charge in [0.05, 0.1) is 12.2 Å². The zero-order valence-corrected chi connectivity index (χ0v) is 11.0. The first-order valence-electron chi connectivity index (χ1n) is 6.81. The van der Waals surface area contributed by atoms with Gasteiger partial charge in [-0.05, 0) is 37.3 Å². The number of hydrogen-bond acceptors (Lipinski definition) is 3. The lowest BCUT2D eigenvalue weighted by atomic mass is 10.0. The van der Waals surface area contributed by atoms with Crippen molar-refractivity contribution in [2.45, 2.75) is 38.4 Å². The molecule has 1 heterocycles. The van der Waals surface area contributed by atoms with Gasteiger partial charge < -0.3 is 15.1 Å². The van der Waals surface area contributed by atoms with Crippen LogP contribution in [0.15, 0.2) is 24.3 Å². The van der Waals surface area contributed by atoms with Crippen molar-refractivity contribution in [2.75, 3.05) is 19.6 Å². The summed E-state index contributed by atoms with van der Waals surface area (Å²) in [5.41, 5.74) is 2.19. The van der Waals surface area contributed by atoms with E-state index >= 15 is 0 Å². The van der Waals surface area contributed by atoms with Crippen molar-refractivity contribution in [1.29, 1.82) is 0 Å². The van der Waals surface area contributed by atoms with Crippen molar-refractivity contribution in [2.24, 2.45) is 0 Å². The molecule has 0 aromatic heterocycles. The third-order valence-corrected chi connectivity index (χ3v) is 3.82. The Morgan fingerprint density at radius 1 is 1.28 bits per heavy atom. The Hall–Kier alpha value is -0.900. The minimum absolute atomic E-state index is 0.123. The number of hydrogen-bond donors (Lipinski definition) is 2. The summed E-state index contributed by atoms with van der Waals surface area (Å²) >= 11 is 0. The quantitative estimate of drug-likeness (QED) is 0.856. The van der Waals surface area contributed by atoms with Gasteiger partial charge >= 0.3 is 0 Å². The monoisotopic (exact) mass is 249 g/mol. The molecule has 1 aromatic rings. The second-order valence-corrected chi connectivity index (χ2v) is 5.23. The lowest BCUT2D eigenvalue weighted by Gasteiger charge is -2.30. The summed E-state index contributed by atoms with van der Waals surface area (Å²) in [6, 6.07) is 8.01. The number of nitrogens with zero attached hydrogens (tertiary/aromatic N) is 1. The molecule has 0 amide bonds. The van der Waals surface area contributed by atoms with Crippen LogP contribution in [0.25, 0.3) is 0 Å². The number of likely N-dealkylation sites (tertiary alicyclic amines) is 1. The van der Waals surface area contributed by atoms with Crippen LogP contribution in [0, 0.1) is 6.92 Å². The lowest BCUT2D eigenvalue weighted by molar-refractivity contribution is 0.0711. The van der Waals surface area contributed by atoms with Crippen LogP contribution in [0.1, 0.15) is 36.5 Å². The second kappa shape index (κ2) is 6.32. The molecule has 0 saturated carbocycles. The summed E-state index contributed by atoms with van der Waals surface area (Å²) in [7, 11) is 0. The van der Waals surface area contributed by atoms with Crippen LogP contribution in [0.3, 0.4) is 0 Å². The fourth-order valence-corrected chi connectivity index (χ4v) is 2.56. The highest BCUT2D eigenvalue weighted by Gasteiger charge is 2.18. The van der Waals surface area contributed by atoms with E-state index in [1.54, 1.807) is 0 Å². The summed E-state index contributed by atoms with van der Waals surface area (Å²) in [5, 5.41) is 19.7. The van der Waals surface area contributed by atoms with Crippen molar-refractivity contribution >= 4 is 0 Å². The maximum Gasteiger partial charge on any atom is 0.0804 e. The van der Waals surface area contributed by atoms with Crippen LogP contribution in [0.5, 0.6) is 0 Å². The van der Waals surface area contributed by atoms with E-state index < -0.39 is 0 Å². The van der Waals surface area contributed by atoms with Gasteiger partial charge in [-0.1, -0.05) is 24.3 Å². The zero-order chi connectivity index (χ0) is 13.0. The molecule has 1 aliphatic rings. The molecular formula is C15H23NO2. The molecule has 2 rings (SSSR count). The van der Waals surface area contributed by atoms with E-state index in [2.05, 4.69) is 4.90 Å². The molecular weight excluding hydrogens is 226 g/mol. The SMILES string of the molecule is Cc1ccccc1C(O)CCN1CCC(O)CC1. The molecule has 1 fully saturated rings. The van der Waals surface area contributed by atoms with Crippen LogP contribution in [-0.2, 0) is 0 Å². The van der Waals surface area contributed by atoms with E-state index in [-0.39, 0.29) is 12.2 Å². The van der Waals surface area contributed by atoms with Gasteiger partial charge in [-0.25, -0.2) is 0 Å². The maximum atomic E-state index is 10.2. The predicted octanol–water partition coefficient (Wildman–Crippen LogP) is 1.88. The first-order valence-corrected chi connectivity index (χ1v) is 6.81. The Bertz CT molecular complexity index is 373. The smallest absolute Gasteiger partial charge is 0.0804 e. The molecule has 1 saturated heterocycles. The standard InChI is InChI=1S/C15H23NO2/c1-12-4-2-3-5-14(12)15(18)8-11-16-9-6-13(17)7-10-16/h2-5,13,15,17-18H,6-11H2,1H3. The third kappa shape index (κ3) is 3.55. The van der Waals surface area contributed by atoms with Crippen molar-refractivity contribution in [1.82, 2.24) is 4.90 Å². The molecule has 0 radical (unpaired) electrons. The average molecular weight is 249 g/mol. The van der Waals surface area contributed by atoms with Gasteiger partial charge in [0.25, 0.3) is 0 Å². The molecule has 2 N–H and O–H groups in total. The lowest BCUT2D eigenvalue weighted by Crippen LogP contribution is -2.36. The molecule has 3 nitrogen and oxygen atoms in total. The van der Waals surface area contributed by atoms with Crippen LogP contribution in [-0.4, -0.2) is 40.9 Å². The minimum atomic E-state index is -0.377. The largest absolute Gasteiger partial charge is 0.393 e. The Labute approximate surface area is 109 Å². The molecule has 1 aliphatic heterocycles. The molecule has 100 valence electrons. The highest BCUT2D eigenvalue weighted by atomic mass is 16.3. The maximum absolute atomic E-state index is 10.2. The van der Waals surface area contributed by atoms with Crippen molar-refractivity contribution < 1.29 is 10.2 Å². The van der Waals surface area contributed by atoms with Crippen LogP contribution >= 0.6 is 0 Å². The number of piperidine rings is 1. The molecule has 0 spiro atoms. The molecule has 0 aliphatic carbocycles. The molecule has 1 atom stereocenters.